The van der Waals surface area contributed by atoms with Crippen molar-refractivity contribution in [2.24, 2.45) is 0 Å². The van der Waals surface area contributed by atoms with Gasteiger partial charge >= 0.3 is 0 Å². The number of aliphatic hydroxyl groups is 2. The average Bonchev–Trinajstić information content (AvgIpc) is 2.49. The monoisotopic (exact) mass is 335 g/mol. The standard InChI is InChI=1S/C15H23Cl2NO3/c1-3-15(4-2,10-19)18-8-11(20)9-21-14-12(16)6-5-7-13(14)17/h5-7,11,18-20H,3-4,8-10H2,1-2H3. The highest BCUT2D eigenvalue weighted by molar-refractivity contribution is 6.37. The van der Waals surface area contributed by atoms with Crippen LogP contribution in [0.5, 0.6) is 5.75 Å². The Bertz CT molecular complexity index is 410. The topological polar surface area (TPSA) is 61.7 Å². The number of rotatable bonds is 9. The molecule has 0 aliphatic heterocycles. The number of nitrogens with one attached hydrogen (secondary N) is 1. The maximum atomic E-state index is 9.99. The van der Waals surface area contributed by atoms with Gasteiger partial charge in [-0.3, -0.25) is 0 Å². The molecule has 1 atom stereocenters. The van der Waals surface area contributed by atoms with Crippen LogP contribution in [0.25, 0.3) is 0 Å². The van der Waals surface area contributed by atoms with E-state index in [2.05, 4.69) is 5.32 Å². The molecule has 0 saturated carbocycles. The second kappa shape index (κ2) is 8.81. The summed E-state index contributed by atoms with van der Waals surface area (Å²) in [5.41, 5.74) is -0.358. The van der Waals surface area contributed by atoms with Crippen molar-refractivity contribution in [2.45, 2.75) is 38.3 Å². The van der Waals surface area contributed by atoms with E-state index < -0.39 is 6.10 Å². The van der Waals surface area contributed by atoms with Gasteiger partial charge < -0.3 is 20.3 Å². The van der Waals surface area contributed by atoms with E-state index >= 15 is 0 Å². The van der Waals surface area contributed by atoms with Crippen molar-refractivity contribution < 1.29 is 14.9 Å². The maximum Gasteiger partial charge on any atom is 0.156 e. The van der Waals surface area contributed by atoms with Gasteiger partial charge in [0.2, 0.25) is 0 Å². The summed E-state index contributed by atoms with van der Waals surface area (Å²) in [5, 5.41) is 23.5. The Balaban J connectivity index is 2.49. The van der Waals surface area contributed by atoms with Crippen LogP contribution >= 0.6 is 23.2 Å². The Hall–Kier alpha value is -0.520. The van der Waals surface area contributed by atoms with Crippen LogP contribution in [0.4, 0.5) is 0 Å². The van der Waals surface area contributed by atoms with Crippen LogP contribution in [0.2, 0.25) is 10.0 Å². The molecule has 21 heavy (non-hydrogen) atoms. The van der Waals surface area contributed by atoms with Gasteiger partial charge in [-0.05, 0) is 25.0 Å². The maximum absolute atomic E-state index is 9.99. The number of para-hydroxylation sites is 1. The molecule has 0 aliphatic rings. The lowest BCUT2D eigenvalue weighted by atomic mass is 9.94. The van der Waals surface area contributed by atoms with E-state index in [1.54, 1.807) is 18.2 Å². The first-order chi connectivity index (χ1) is 9.98. The van der Waals surface area contributed by atoms with Crippen LogP contribution in [0, 0.1) is 0 Å². The third-order valence-corrected chi connectivity index (χ3v) is 4.30. The molecule has 1 aromatic rings. The molecule has 120 valence electrons. The first-order valence-corrected chi connectivity index (χ1v) is 7.84. The van der Waals surface area contributed by atoms with Gasteiger partial charge in [0.05, 0.1) is 16.7 Å². The van der Waals surface area contributed by atoms with Gasteiger partial charge in [-0.15, -0.1) is 0 Å². The third-order valence-electron chi connectivity index (χ3n) is 3.71. The minimum atomic E-state index is -0.721. The van der Waals surface area contributed by atoms with E-state index in [0.717, 1.165) is 12.8 Å². The van der Waals surface area contributed by atoms with Crippen molar-refractivity contribution >= 4 is 23.2 Å². The summed E-state index contributed by atoms with van der Waals surface area (Å²) >= 11 is 12.0. The lowest BCUT2D eigenvalue weighted by Crippen LogP contribution is -2.50. The first kappa shape index (κ1) is 18.5. The highest BCUT2D eigenvalue weighted by atomic mass is 35.5. The minimum absolute atomic E-state index is 0.0317. The molecule has 1 aromatic carbocycles. The van der Waals surface area contributed by atoms with Gasteiger partial charge in [-0.25, -0.2) is 0 Å². The molecule has 0 saturated heterocycles. The summed E-state index contributed by atoms with van der Waals surface area (Å²) in [4.78, 5) is 0. The fourth-order valence-corrected chi connectivity index (χ4v) is 2.48. The van der Waals surface area contributed by atoms with Crippen molar-refractivity contribution in [2.75, 3.05) is 19.8 Å². The smallest absolute Gasteiger partial charge is 0.156 e. The number of β-amino-alcohol motifs (C(OH)–C–C–N with tert-alkyl or cyclic N) is 1. The second-order valence-corrected chi connectivity index (χ2v) is 5.86. The van der Waals surface area contributed by atoms with Crippen molar-refractivity contribution in [1.82, 2.24) is 5.32 Å². The SMILES string of the molecule is CCC(CC)(CO)NCC(O)COc1c(Cl)cccc1Cl. The van der Waals surface area contributed by atoms with Crippen molar-refractivity contribution in [3.8, 4) is 5.75 Å². The third kappa shape index (κ3) is 5.31. The van der Waals surface area contributed by atoms with Crippen LogP contribution in [0.3, 0.4) is 0 Å². The van der Waals surface area contributed by atoms with E-state index in [4.69, 9.17) is 27.9 Å². The number of aliphatic hydroxyl groups excluding tert-OH is 2. The van der Waals surface area contributed by atoms with Gasteiger partial charge in [0, 0.05) is 12.1 Å². The Morgan fingerprint density at radius 2 is 1.81 bits per heavy atom. The molecular formula is C15H23Cl2NO3. The summed E-state index contributed by atoms with van der Waals surface area (Å²) in [6, 6.07) is 5.09. The van der Waals surface area contributed by atoms with Crippen molar-refractivity contribution in [1.29, 1.82) is 0 Å². The van der Waals surface area contributed by atoms with Crippen LogP contribution in [0.15, 0.2) is 18.2 Å². The second-order valence-electron chi connectivity index (χ2n) is 5.04. The van der Waals surface area contributed by atoms with Crippen LogP contribution in [0.1, 0.15) is 26.7 Å². The number of ether oxygens (including phenoxy) is 1. The fraction of sp³-hybridized carbons (Fsp3) is 0.600. The van der Waals surface area contributed by atoms with E-state index in [9.17, 15) is 10.2 Å². The summed E-state index contributed by atoms with van der Waals surface area (Å²) in [6.45, 7) is 4.43. The Morgan fingerprint density at radius 3 is 2.29 bits per heavy atom. The first-order valence-electron chi connectivity index (χ1n) is 7.08. The number of hydrogen-bond acceptors (Lipinski definition) is 4. The predicted octanol–water partition coefficient (Wildman–Crippen LogP) is 2.87. The summed E-state index contributed by atoms with van der Waals surface area (Å²) in [5.74, 6) is 0.374. The van der Waals surface area contributed by atoms with E-state index in [0.29, 0.717) is 22.3 Å². The van der Waals surface area contributed by atoms with E-state index in [1.807, 2.05) is 13.8 Å². The minimum Gasteiger partial charge on any atom is -0.488 e. The molecule has 1 unspecified atom stereocenters. The normalized spacial score (nSPS) is 13.2. The van der Waals surface area contributed by atoms with E-state index in [1.165, 1.54) is 0 Å². The van der Waals surface area contributed by atoms with Crippen LogP contribution < -0.4 is 10.1 Å². The Morgan fingerprint density at radius 1 is 1.24 bits per heavy atom. The summed E-state index contributed by atoms with van der Waals surface area (Å²) in [6.07, 6.45) is 0.842. The molecule has 0 amide bonds. The Kier molecular flexibility index (Phi) is 7.77. The predicted molar refractivity (Wildman–Crippen MR) is 86.4 cm³/mol. The molecule has 0 bridgehead atoms. The molecule has 0 aromatic heterocycles. The molecular weight excluding hydrogens is 313 g/mol. The molecule has 1 rings (SSSR count). The molecule has 3 N–H and O–H groups in total. The molecule has 0 aliphatic carbocycles. The Labute approximate surface area is 136 Å². The fourth-order valence-electron chi connectivity index (χ4n) is 1.97. The van der Waals surface area contributed by atoms with Gasteiger partial charge in [0.25, 0.3) is 0 Å². The average molecular weight is 336 g/mol. The van der Waals surface area contributed by atoms with Crippen LogP contribution in [-0.4, -0.2) is 41.6 Å². The van der Waals surface area contributed by atoms with Crippen LogP contribution in [-0.2, 0) is 0 Å². The number of halogens is 2. The highest BCUT2D eigenvalue weighted by Crippen LogP contribution is 2.32. The van der Waals surface area contributed by atoms with E-state index in [-0.39, 0.29) is 18.8 Å². The number of benzene rings is 1. The molecule has 0 spiro atoms. The summed E-state index contributed by atoms with van der Waals surface area (Å²) < 4.78 is 5.48. The quantitative estimate of drug-likeness (QED) is 0.649. The largest absolute Gasteiger partial charge is 0.488 e. The van der Waals surface area contributed by atoms with Crippen molar-refractivity contribution in [3.63, 3.8) is 0 Å². The molecule has 0 heterocycles. The zero-order chi connectivity index (χ0) is 15.9. The zero-order valence-corrected chi connectivity index (χ0v) is 13.9. The summed E-state index contributed by atoms with van der Waals surface area (Å²) in [7, 11) is 0. The molecule has 6 heteroatoms. The number of hydrogen-bond donors (Lipinski definition) is 3. The van der Waals surface area contributed by atoms with Gasteiger partial charge in [-0.1, -0.05) is 43.1 Å². The molecule has 4 nitrogen and oxygen atoms in total. The lowest BCUT2D eigenvalue weighted by molar-refractivity contribution is 0.0813. The molecule has 0 fully saturated rings. The van der Waals surface area contributed by atoms with Crippen molar-refractivity contribution in [3.05, 3.63) is 28.2 Å². The molecule has 0 radical (unpaired) electrons. The lowest BCUT2D eigenvalue weighted by Gasteiger charge is -2.32. The zero-order valence-electron chi connectivity index (χ0n) is 12.4. The van der Waals surface area contributed by atoms with Gasteiger partial charge in [0.15, 0.2) is 5.75 Å². The van der Waals surface area contributed by atoms with Gasteiger partial charge in [-0.2, -0.15) is 0 Å². The van der Waals surface area contributed by atoms with Gasteiger partial charge in [0.1, 0.15) is 12.7 Å². The highest BCUT2D eigenvalue weighted by Gasteiger charge is 2.25.